The van der Waals surface area contributed by atoms with Gasteiger partial charge in [0.25, 0.3) is 5.92 Å². The summed E-state index contributed by atoms with van der Waals surface area (Å²) in [6, 6.07) is 5.98. The lowest BCUT2D eigenvalue weighted by Crippen LogP contribution is -2.48. The van der Waals surface area contributed by atoms with Gasteiger partial charge in [0.05, 0.1) is 16.9 Å². The number of nitrogens with zero attached hydrogens (tertiary/aromatic N) is 1. The number of nitrogens with one attached hydrogen (secondary N) is 1. The highest BCUT2D eigenvalue weighted by Gasteiger charge is 2.37. The molecule has 8 heteroatoms. The molecule has 0 amide bonds. The van der Waals surface area contributed by atoms with Crippen LogP contribution in [0.3, 0.4) is 0 Å². The normalized spacial score (nSPS) is 20.8. The summed E-state index contributed by atoms with van der Waals surface area (Å²) in [7, 11) is 1.84. The Labute approximate surface area is 170 Å². The van der Waals surface area contributed by atoms with E-state index in [2.05, 4.69) is 18.5 Å². The zero-order valence-corrected chi connectivity index (χ0v) is 17.1. The standard InChI is InChI=1S/C21H21F5N2S/c1-12-11-19(3,27-13(2)28(12)5)18-7-6-17(29-18)14-8-15(20(4,22)23)10-16(9-14)21(24,25)26/h6-10,27H,1-2,11H2,3-5H3. The van der Waals surface area contributed by atoms with E-state index in [1.807, 2.05) is 18.9 Å². The van der Waals surface area contributed by atoms with Crippen molar-refractivity contribution in [3.8, 4) is 10.4 Å². The van der Waals surface area contributed by atoms with Crippen LogP contribution in [-0.2, 0) is 17.6 Å². The highest BCUT2D eigenvalue weighted by atomic mass is 32.1. The fourth-order valence-electron chi connectivity index (χ4n) is 3.29. The van der Waals surface area contributed by atoms with Gasteiger partial charge in [-0.05, 0) is 42.8 Å². The van der Waals surface area contributed by atoms with Crippen LogP contribution in [0.5, 0.6) is 0 Å². The first kappa shape index (κ1) is 21.4. The molecule has 156 valence electrons. The van der Waals surface area contributed by atoms with E-state index in [1.54, 1.807) is 12.1 Å². The summed E-state index contributed by atoms with van der Waals surface area (Å²) in [5.74, 6) is -2.72. The zero-order valence-electron chi connectivity index (χ0n) is 16.3. The number of benzene rings is 1. The molecule has 0 spiro atoms. The van der Waals surface area contributed by atoms with Gasteiger partial charge in [-0.3, -0.25) is 0 Å². The molecule has 1 saturated heterocycles. The highest BCUT2D eigenvalue weighted by Crippen LogP contribution is 2.43. The molecule has 29 heavy (non-hydrogen) atoms. The third kappa shape index (κ3) is 4.17. The topological polar surface area (TPSA) is 15.3 Å². The molecule has 1 fully saturated rings. The van der Waals surface area contributed by atoms with Crippen LogP contribution >= 0.6 is 11.3 Å². The summed E-state index contributed by atoms with van der Waals surface area (Å²) in [5, 5.41) is 3.31. The quantitative estimate of drug-likeness (QED) is 0.549. The Morgan fingerprint density at radius 1 is 1.07 bits per heavy atom. The number of halogens is 5. The first-order valence-electron chi connectivity index (χ1n) is 8.80. The van der Waals surface area contributed by atoms with Crippen molar-refractivity contribution >= 4 is 11.3 Å². The van der Waals surface area contributed by atoms with Gasteiger partial charge in [-0.25, -0.2) is 8.78 Å². The Bertz CT molecular complexity index is 918. The fraction of sp³-hybridized carbons (Fsp3) is 0.333. The lowest BCUT2D eigenvalue weighted by Gasteiger charge is -2.42. The minimum atomic E-state index is -4.72. The van der Waals surface area contributed by atoms with Crippen LogP contribution in [-0.4, -0.2) is 11.9 Å². The molecule has 0 radical (unpaired) electrons. The van der Waals surface area contributed by atoms with Crippen molar-refractivity contribution in [3.63, 3.8) is 0 Å². The van der Waals surface area contributed by atoms with Crippen molar-refractivity contribution in [1.82, 2.24) is 10.2 Å². The van der Waals surface area contributed by atoms with Crippen molar-refractivity contribution in [2.24, 2.45) is 0 Å². The molecule has 3 rings (SSSR count). The van der Waals surface area contributed by atoms with Gasteiger partial charge in [0.15, 0.2) is 0 Å². The van der Waals surface area contributed by atoms with Gasteiger partial charge < -0.3 is 10.2 Å². The number of thiophene rings is 1. The maximum atomic E-state index is 13.8. The first-order valence-corrected chi connectivity index (χ1v) is 9.62. The van der Waals surface area contributed by atoms with Crippen LogP contribution in [0.1, 0.15) is 36.3 Å². The smallest absolute Gasteiger partial charge is 0.362 e. The molecule has 1 atom stereocenters. The number of rotatable bonds is 3. The Balaban J connectivity index is 2.04. The SMILES string of the molecule is C=C1CC(C)(c2ccc(-c3cc(C(C)(F)F)cc(C(F)(F)F)c3)s2)NC(=C)N1C. The van der Waals surface area contributed by atoms with Crippen molar-refractivity contribution in [3.05, 3.63) is 71.0 Å². The fourth-order valence-corrected chi connectivity index (χ4v) is 4.38. The second kappa shape index (κ2) is 6.86. The summed E-state index contributed by atoms with van der Waals surface area (Å²) in [5.41, 5.74) is -1.34. The number of alkyl halides is 5. The molecular weight excluding hydrogens is 407 g/mol. The molecular formula is C21H21F5N2S. The molecule has 1 aromatic carbocycles. The first-order chi connectivity index (χ1) is 13.2. The summed E-state index contributed by atoms with van der Waals surface area (Å²) in [6.07, 6.45) is -4.14. The van der Waals surface area contributed by atoms with Gasteiger partial charge >= 0.3 is 6.18 Å². The van der Waals surface area contributed by atoms with E-state index in [0.717, 1.165) is 22.7 Å². The molecule has 0 aliphatic carbocycles. The molecule has 1 unspecified atom stereocenters. The molecule has 2 aromatic rings. The van der Waals surface area contributed by atoms with Gasteiger partial charge in [-0.1, -0.05) is 13.2 Å². The van der Waals surface area contributed by atoms with E-state index in [1.165, 1.54) is 11.3 Å². The second-order valence-corrected chi connectivity index (χ2v) is 8.64. The van der Waals surface area contributed by atoms with E-state index in [4.69, 9.17) is 0 Å². The van der Waals surface area contributed by atoms with Crippen molar-refractivity contribution < 1.29 is 22.0 Å². The predicted molar refractivity (Wildman–Crippen MR) is 105 cm³/mol. The molecule has 1 aromatic heterocycles. The van der Waals surface area contributed by atoms with E-state index in [-0.39, 0.29) is 5.56 Å². The molecule has 2 heterocycles. The third-order valence-corrected chi connectivity index (χ3v) is 6.46. The summed E-state index contributed by atoms with van der Waals surface area (Å²) in [6.45, 7) is 10.5. The zero-order chi connectivity index (χ0) is 21.8. The molecule has 1 aliphatic rings. The van der Waals surface area contributed by atoms with Gasteiger partial charge in [-0.2, -0.15) is 13.2 Å². The van der Waals surface area contributed by atoms with Crippen LogP contribution in [0.2, 0.25) is 0 Å². The number of hydrogen-bond acceptors (Lipinski definition) is 3. The van der Waals surface area contributed by atoms with Gasteiger partial charge in [0, 0.05) is 41.4 Å². The molecule has 1 N–H and O–H groups in total. The van der Waals surface area contributed by atoms with E-state index in [9.17, 15) is 22.0 Å². The van der Waals surface area contributed by atoms with Crippen molar-refractivity contribution in [1.29, 1.82) is 0 Å². The second-order valence-electron chi connectivity index (χ2n) is 7.55. The van der Waals surface area contributed by atoms with Crippen LogP contribution in [0.25, 0.3) is 10.4 Å². The monoisotopic (exact) mass is 428 g/mol. The Morgan fingerprint density at radius 3 is 2.24 bits per heavy atom. The van der Waals surface area contributed by atoms with E-state index < -0.39 is 28.8 Å². The Morgan fingerprint density at radius 2 is 1.69 bits per heavy atom. The lowest BCUT2D eigenvalue weighted by molar-refractivity contribution is -0.137. The maximum absolute atomic E-state index is 13.8. The summed E-state index contributed by atoms with van der Waals surface area (Å²) >= 11 is 1.26. The van der Waals surface area contributed by atoms with Gasteiger partial charge in [0.2, 0.25) is 0 Å². The molecule has 0 bridgehead atoms. The van der Waals surface area contributed by atoms with E-state index >= 15 is 0 Å². The minimum absolute atomic E-state index is 0.113. The Kier molecular flexibility index (Phi) is 5.06. The van der Waals surface area contributed by atoms with Crippen LogP contribution < -0.4 is 5.32 Å². The van der Waals surface area contributed by atoms with Gasteiger partial charge in [-0.15, -0.1) is 11.3 Å². The van der Waals surface area contributed by atoms with Crippen LogP contribution in [0.15, 0.2) is 55.0 Å². The molecule has 1 aliphatic heterocycles. The average Bonchev–Trinajstić information content (AvgIpc) is 3.09. The maximum Gasteiger partial charge on any atom is 0.416 e. The minimum Gasteiger partial charge on any atom is -0.362 e. The summed E-state index contributed by atoms with van der Waals surface area (Å²) in [4.78, 5) is 3.17. The third-order valence-electron chi connectivity index (χ3n) is 5.06. The Hall–Kier alpha value is -2.35. The van der Waals surface area contributed by atoms with E-state index in [0.29, 0.717) is 30.1 Å². The van der Waals surface area contributed by atoms with Crippen LogP contribution in [0, 0.1) is 0 Å². The average molecular weight is 428 g/mol. The van der Waals surface area contributed by atoms with Gasteiger partial charge in [0.1, 0.15) is 0 Å². The van der Waals surface area contributed by atoms with Crippen LogP contribution in [0.4, 0.5) is 22.0 Å². The lowest BCUT2D eigenvalue weighted by atomic mass is 9.91. The number of hydrogen-bond donors (Lipinski definition) is 1. The highest BCUT2D eigenvalue weighted by molar-refractivity contribution is 7.15. The summed E-state index contributed by atoms with van der Waals surface area (Å²) < 4.78 is 67.4. The molecule has 2 nitrogen and oxygen atoms in total. The van der Waals surface area contributed by atoms with Crippen molar-refractivity contribution in [2.45, 2.75) is 37.9 Å². The predicted octanol–water partition coefficient (Wildman–Crippen LogP) is 6.67. The van der Waals surface area contributed by atoms with Crippen molar-refractivity contribution in [2.75, 3.05) is 7.05 Å². The molecule has 0 saturated carbocycles. The largest absolute Gasteiger partial charge is 0.416 e.